The predicted octanol–water partition coefficient (Wildman–Crippen LogP) is 11.2. The van der Waals surface area contributed by atoms with Crippen LogP contribution in [0.5, 0.6) is 0 Å². The quantitative estimate of drug-likeness (QED) is 0.0305. The van der Waals surface area contributed by atoms with Crippen LogP contribution < -0.4 is 31.1 Å². The Balaban J connectivity index is 0.000000152. The molecule has 6 fully saturated rings. The maximum Gasteiger partial charge on any atom is 0.357 e. The van der Waals surface area contributed by atoms with Gasteiger partial charge in [0.25, 0.3) is 31.1 Å². The van der Waals surface area contributed by atoms with E-state index in [9.17, 15) is 50.6 Å². The lowest BCUT2D eigenvalue weighted by atomic mass is 9.87. The first kappa shape index (κ1) is 76.6. The molecule has 584 valence electrons. The van der Waals surface area contributed by atoms with Crippen LogP contribution in [0.2, 0.25) is 0 Å². The first-order valence-electron chi connectivity index (χ1n) is 37.0. The zero-order valence-electron chi connectivity index (χ0n) is 61.3. The van der Waals surface area contributed by atoms with Crippen molar-refractivity contribution in [2.24, 2.45) is 17.8 Å². The summed E-state index contributed by atoms with van der Waals surface area (Å²) in [5.74, 6) is 1.14. The molecular weight excluding hydrogens is 1440 g/mol. The number of ether oxygens (including phenoxy) is 3. The highest BCUT2D eigenvalue weighted by molar-refractivity contribution is 6.04. The van der Waals surface area contributed by atoms with Crippen LogP contribution in [0.15, 0.2) is 106 Å². The number of carbonyl (C=O) groups is 4. The van der Waals surface area contributed by atoms with Gasteiger partial charge < -0.3 is 78.6 Å². The van der Waals surface area contributed by atoms with Crippen LogP contribution in [0.25, 0.3) is 34.4 Å². The third-order valence-corrected chi connectivity index (χ3v) is 19.8. The molecule has 9 aromatic heterocycles. The minimum absolute atomic E-state index is 0.00254. The molecule has 9 aromatic rings. The summed E-state index contributed by atoms with van der Waals surface area (Å²) in [4.78, 5) is 79.3. The second kappa shape index (κ2) is 37.0. The standard InChI is InChI=1S/C24H28F2N6O4.C24H26F2N6O4.C13H13N3O4.C11H17F2N3O.H2/c2*25-22(26)21-18(12-32(30-21)17-3-1-15(13-33)2-4-17)28-23(34)19-14-36-24(29-19)16-5-6-27-20(11-16)31-7-9-35-10-8-31;17-13(18)10-8-20-12(15-10)9-1-2-14-11(7-9)16-3-5-19-6-4-16;12-11(13)10-9(14)5-16(15-10)8-3-1-7(6-17)2-4-8;/h5-6,11-12,14-15,17,22,33H,1-4,7-10,13H2,(H,28,34);5-6,11-15,17,22H,1-4,7-10H2,(H,28,34);1-2,7-8H,3-6H2,(H,17,18);5,7-8,11,17H,1-4,6,14H2;1H/i;;;;1+2D. The fraction of sp³-hybridized carbons (Fsp3) is 0.486. The van der Waals surface area contributed by atoms with Crippen LogP contribution in [0, 0.1) is 17.8 Å². The summed E-state index contributed by atoms with van der Waals surface area (Å²) < 4.78 is 127. The molecule has 6 aliphatic rings. The fourth-order valence-corrected chi connectivity index (χ4v) is 13.6. The van der Waals surface area contributed by atoms with Crippen LogP contribution >= 0.6 is 0 Å². The Bertz CT molecular complexity index is 4460. The number of aliphatic hydroxyl groups excluding tert-OH is 2. The zero-order valence-corrected chi connectivity index (χ0v) is 59.3. The van der Waals surface area contributed by atoms with Crippen LogP contribution in [0.3, 0.4) is 0 Å². The van der Waals surface area contributed by atoms with E-state index in [1.165, 1.54) is 40.5 Å². The molecule has 7 N–H and O–H groups in total. The van der Waals surface area contributed by atoms with E-state index in [1.807, 2.05) is 18.2 Å². The number of aromatic carboxylic acids is 1. The second-order valence-electron chi connectivity index (χ2n) is 26.9. The van der Waals surface area contributed by atoms with E-state index in [2.05, 4.69) is 70.5 Å². The monoisotopic (exact) mass is 1530 g/mol. The maximum atomic E-state index is 13.7. The average molecular weight is 1530 g/mol. The van der Waals surface area contributed by atoms with Gasteiger partial charge >= 0.3 is 5.97 Å². The minimum Gasteiger partial charge on any atom is -0.476 e. The number of oxazole rings is 3. The number of hydrogen-bond donors (Lipinski definition) is 6. The molecular formula is C72H86F6N18O13. The van der Waals surface area contributed by atoms with Gasteiger partial charge in [-0.25, -0.2) is 61.0 Å². The molecule has 0 atom stereocenters. The first-order chi connectivity index (χ1) is 53.9. The number of halogens is 6. The number of morpholine rings is 3. The summed E-state index contributed by atoms with van der Waals surface area (Å²) in [5, 5.41) is 44.2. The number of hydrogen-bond acceptors (Lipinski definition) is 25. The number of nitrogens with one attached hydrogen (secondary N) is 2. The first-order valence-corrected chi connectivity index (χ1v) is 36.0. The van der Waals surface area contributed by atoms with Crippen LogP contribution in [0.4, 0.5) is 60.9 Å². The topological polar surface area (TPSA) is 387 Å². The number of aldehydes is 1. The SMILES string of the molecule is Nc1cn(C2CCC(CO)CC2)nc1C(F)F.O=C(Nc1cn(C2CCC(CO)CC2)nc1C(F)F)c1coc(-c2ccnc(N3CCOCC3)c2)n1.O=C(O)c1coc(-c2ccnc(N3CCOCC3)c2)n1.O=CC1CCC(n2cc(NC(=O)c3coc(-c4ccnc(N5CCOCC5)c4)n3)c(C(F)F)n2)CC1.[2H][3H]. The number of aliphatic hydroxyl groups is 2. The number of carboxylic acids is 1. The number of nitrogen functional groups attached to an aromatic ring is 1. The highest BCUT2D eigenvalue weighted by Crippen LogP contribution is 2.39. The molecule has 0 radical (unpaired) electrons. The zero-order chi connectivity index (χ0) is 78.5. The van der Waals surface area contributed by atoms with Crippen molar-refractivity contribution in [1.82, 2.24) is 59.2 Å². The number of alkyl halides is 6. The van der Waals surface area contributed by atoms with E-state index < -0.39 is 48.4 Å². The van der Waals surface area contributed by atoms with E-state index >= 15 is 0 Å². The number of rotatable bonds is 20. The van der Waals surface area contributed by atoms with Gasteiger partial charge in [-0.15, -0.1) is 0 Å². The summed E-state index contributed by atoms with van der Waals surface area (Å²) in [5.41, 5.74) is 5.91. The smallest absolute Gasteiger partial charge is 0.357 e. The van der Waals surface area contributed by atoms with Gasteiger partial charge in [0.05, 0.1) is 74.8 Å². The normalized spacial score (nSPS) is 20.4. The number of amides is 2. The summed E-state index contributed by atoms with van der Waals surface area (Å²) in [6, 6.07) is 10.6. The summed E-state index contributed by atoms with van der Waals surface area (Å²) in [6.07, 6.45) is 14.7. The fourth-order valence-electron chi connectivity index (χ4n) is 13.6. The Kier molecular flexibility index (Phi) is 26.0. The summed E-state index contributed by atoms with van der Waals surface area (Å²) in [7, 11) is 0. The number of carboxylic acid groups (broad SMARTS) is 1. The number of pyridine rings is 3. The molecule has 3 saturated carbocycles. The van der Waals surface area contributed by atoms with Gasteiger partial charge in [-0.2, -0.15) is 15.3 Å². The minimum atomic E-state index is -2.86. The highest BCUT2D eigenvalue weighted by Gasteiger charge is 2.32. The third-order valence-electron chi connectivity index (χ3n) is 19.8. The summed E-state index contributed by atoms with van der Waals surface area (Å²) >= 11 is 0. The predicted molar refractivity (Wildman–Crippen MR) is 382 cm³/mol. The number of carbonyl (C=O) groups excluding carboxylic acids is 3. The molecule has 0 spiro atoms. The maximum absolute atomic E-state index is 13.7. The molecule has 0 bridgehead atoms. The van der Waals surface area contributed by atoms with Gasteiger partial charge in [0.2, 0.25) is 17.7 Å². The van der Waals surface area contributed by atoms with Gasteiger partial charge in [0.15, 0.2) is 34.2 Å². The Labute approximate surface area is 623 Å². The highest BCUT2D eigenvalue weighted by atomic mass is 19.3. The molecule has 109 heavy (non-hydrogen) atoms. The van der Waals surface area contributed by atoms with Gasteiger partial charge in [-0.05, 0) is 125 Å². The van der Waals surface area contributed by atoms with Gasteiger partial charge in [-0.1, -0.05) is 0 Å². The van der Waals surface area contributed by atoms with E-state index in [-0.39, 0.29) is 101 Å². The molecule has 37 heteroatoms. The Morgan fingerprint density at radius 1 is 0.514 bits per heavy atom. The Hall–Kier alpha value is -10.6. The average Bonchev–Trinajstić information content (AvgIpc) is 1.71. The lowest BCUT2D eigenvalue weighted by Gasteiger charge is -2.27. The van der Waals surface area contributed by atoms with Crippen LogP contribution in [-0.4, -0.2) is 191 Å². The largest absolute Gasteiger partial charge is 0.476 e. The second-order valence-corrected chi connectivity index (χ2v) is 26.9. The Morgan fingerprint density at radius 2 is 0.844 bits per heavy atom. The van der Waals surface area contributed by atoms with Crippen molar-refractivity contribution in [1.29, 1.82) is 0 Å². The molecule has 0 unspecified atom stereocenters. The van der Waals surface area contributed by atoms with Crippen LogP contribution in [-0.2, 0) is 19.0 Å². The van der Waals surface area contributed by atoms with Crippen molar-refractivity contribution < 1.29 is 91.3 Å². The number of nitrogens with two attached hydrogens (primary N) is 1. The molecule has 2 amide bonds. The van der Waals surface area contributed by atoms with Crippen molar-refractivity contribution in [3.8, 4) is 34.4 Å². The summed E-state index contributed by atoms with van der Waals surface area (Å²) in [6.45, 7) is 8.60. The lowest BCUT2D eigenvalue weighted by molar-refractivity contribution is -0.112. The van der Waals surface area contributed by atoms with Gasteiger partial charge in [-0.3, -0.25) is 23.6 Å². The van der Waals surface area contributed by atoms with E-state index in [4.69, 9.17) is 46.4 Å². The van der Waals surface area contributed by atoms with Crippen molar-refractivity contribution in [3.05, 3.63) is 127 Å². The molecule has 15 rings (SSSR count). The molecule has 3 saturated heterocycles. The molecule has 31 nitrogen and oxygen atoms in total. The van der Waals surface area contributed by atoms with Crippen LogP contribution in [0.1, 0.15) is 166 Å². The molecule has 12 heterocycles. The number of anilines is 6. The number of aromatic nitrogens is 12. The number of nitrogens with zero attached hydrogens (tertiary/aromatic N) is 15. The van der Waals surface area contributed by atoms with Gasteiger partial charge in [0, 0.05) is 115 Å². The van der Waals surface area contributed by atoms with E-state index in [0.29, 0.717) is 101 Å². The van der Waals surface area contributed by atoms with Crippen molar-refractivity contribution in [2.75, 3.05) is 123 Å². The van der Waals surface area contributed by atoms with Crippen molar-refractivity contribution >= 4 is 58.6 Å². The van der Waals surface area contributed by atoms with E-state index in [1.54, 1.807) is 41.5 Å². The van der Waals surface area contributed by atoms with E-state index in [0.717, 1.165) is 108 Å². The van der Waals surface area contributed by atoms with Crippen molar-refractivity contribution in [2.45, 2.75) is 114 Å². The van der Waals surface area contributed by atoms with Gasteiger partial charge in [0.1, 0.15) is 42.5 Å². The molecule has 3 aliphatic heterocycles. The Morgan fingerprint density at radius 3 is 1.17 bits per heavy atom. The third kappa shape index (κ3) is 20.0. The lowest BCUT2D eigenvalue weighted by Crippen LogP contribution is -2.36. The van der Waals surface area contributed by atoms with Crippen molar-refractivity contribution in [3.63, 3.8) is 0 Å². The molecule has 0 aromatic carbocycles. The molecule has 3 aliphatic carbocycles.